The van der Waals surface area contributed by atoms with Crippen LogP contribution in [-0.4, -0.2) is 18.3 Å². The average molecular weight is 274 g/mol. The first-order chi connectivity index (χ1) is 9.69. The van der Waals surface area contributed by atoms with Gasteiger partial charge in [0, 0.05) is 24.5 Å². The lowest BCUT2D eigenvalue weighted by Gasteiger charge is -2.08. The van der Waals surface area contributed by atoms with Gasteiger partial charge in [-0.2, -0.15) is 0 Å². The molecule has 5 nitrogen and oxygen atoms in total. The van der Waals surface area contributed by atoms with Crippen molar-refractivity contribution in [2.75, 3.05) is 19.5 Å². The maximum Gasteiger partial charge on any atom is 0.250 e. The molecule has 2 N–H and O–H groups in total. The van der Waals surface area contributed by atoms with Crippen molar-refractivity contribution in [2.45, 2.75) is 13.2 Å². The normalized spacial score (nSPS) is 10.4. The first-order valence-corrected chi connectivity index (χ1v) is 6.35. The van der Waals surface area contributed by atoms with E-state index in [2.05, 4.69) is 0 Å². The van der Waals surface area contributed by atoms with Crippen LogP contribution in [0.15, 0.2) is 47.4 Å². The first kappa shape index (κ1) is 14.1. The second-order valence-electron chi connectivity index (χ2n) is 4.39. The first-order valence-electron chi connectivity index (χ1n) is 6.35. The number of nitrogens with zero attached hydrogens (tertiary/aromatic N) is 1. The Bertz CT molecular complexity index is 605. The summed E-state index contributed by atoms with van der Waals surface area (Å²) in [7, 11) is 1.63. The van der Waals surface area contributed by atoms with Gasteiger partial charge in [0.25, 0.3) is 5.56 Å². The highest BCUT2D eigenvalue weighted by atomic mass is 16.5. The quantitative estimate of drug-likeness (QED) is 0.813. The van der Waals surface area contributed by atoms with Gasteiger partial charge in [0.2, 0.25) is 0 Å². The van der Waals surface area contributed by atoms with Crippen molar-refractivity contribution < 1.29 is 9.47 Å². The maximum absolute atomic E-state index is 11.5. The number of hydrogen-bond donors (Lipinski definition) is 1. The van der Waals surface area contributed by atoms with Crippen molar-refractivity contribution in [3.05, 3.63) is 58.5 Å². The second-order valence-corrected chi connectivity index (χ2v) is 4.39. The van der Waals surface area contributed by atoms with Crippen LogP contribution in [0.3, 0.4) is 0 Å². The molecule has 106 valence electrons. The van der Waals surface area contributed by atoms with Gasteiger partial charge in [0.05, 0.1) is 20.3 Å². The summed E-state index contributed by atoms with van der Waals surface area (Å²) in [6.45, 7) is 1.44. The summed E-state index contributed by atoms with van der Waals surface area (Å²) >= 11 is 0. The van der Waals surface area contributed by atoms with Gasteiger partial charge in [-0.1, -0.05) is 12.1 Å². The van der Waals surface area contributed by atoms with E-state index in [1.807, 2.05) is 24.3 Å². The summed E-state index contributed by atoms with van der Waals surface area (Å²) in [5.41, 5.74) is 7.19. The SMILES string of the molecule is COc1ccc(COCCn2cc(N)ccc2=O)cc1. The van der Waals surface area contributed by atoms with Crippen molar-refractivity contribution >= 4 is 5.69 Å². The zero-order valence-corrected chi connectivity index (χ0v) is 11.4. The fourth-order valence-corrected chi connectivity index (χ4v) is 1.80. The standard InChI is InChI=1S/C15H18N2O3/c1-19-14-5-2-12(3-6-14)11-20-9-8-17-10-13(16)4-7-15(17)18/h2-7,10H,8-9,11,16H2,1H3. The van der Waals surface area contributed by atoms with E-state index in [9.17, 15) is 4.79 Å². The Morgan fingerprint density at radius 3 is 2.60 bits per heavy atom. The monoisotopic (exact) mass is 274 g/mol. The molecule has 0 atom stereocenters. The molecule has 20 heavy (non-hydrogen) atoms. The lowest BCUT2D eigenvalue weighted by atomic mass is 10.2. The molecule has 0 bridgehead atoms. The number of pyridine rings is 1. The lowest BCUT2D eigenvalue weighted by Crippen LogP contribution is -2.21. The van der Waals surface area contributed by atoms with Crippen LogP contribution in [0.4, 0.5) is 5.69 Å². The van der Waals surface area contributed by atoms with E-state index in [0.717, 1.165) is 11.3 Å². The van der Waals surface area contributed by atoms with E-state index >= 15 is 0 Å². The van der Waals surface area contributed by atoms with Crippen molar-refractivity contribution in [2.24, 2.45) is 0 Å². The van der Waals surface area contributed by atoms with E-state index in [-0.39, 0.29) is 5.56 Å². The van der Waals surface area contributed by atoms with Gasteiger partial charge >= 0.3 is 0 Å². The van der Waals surface area contributed by atoms with Crippen molar-refractivity contribution in [1.82, 2.24) is 4.57 Å². The Morgan fingerprint density at radius 2 is 1.90 bits per heavy atom. The zero-order valence-electron chi connectivity index (χ0n) is 11.4. The topological polar surface area (TPSA) is 66.5 Å². The average Bonchev–Trinajstić information content (AvgIpc) is 2.47. The second kappa shape index (κ2) is 6.77. The Balaban J connectivity index is 1.81. The molecule has 1 heterocycles. The van der Waals surface area contributed by atoms with Crippen LogP contribution in [0.25, 0.3) is 0 Å². The minimum Gasteiger partial charge on any atom is -0.497 e. The molecule has 2 rings (SSSR count). The molecule has 0 saturated carbocycles. The van der Waals surface area contributed by atoms with E-state index in [1.54, 1.807) is 23.9 Å². The van der Waals surface area contributed by atoms with Gasteiger partial charge in [0.15, 0.2) is 0 Å². The van der Waals surface area contributed by atoms with Crippen molar-refractivity contribution in [1.29, 1.82) is 0 Å². The number of aromatic nitrogens is 1. The van der Waals surface area contributed by atoms with Crippen molar-refractivity contribution in [3.8, 4) is 5.75 Å². The Hall–Kier alpha value is -2.27. The highest BCUT2D eigenvalue weighted by molar-refractivity contribution is 5.33. The summed E-state index contributed by atoms with van der Waals surface area (Å²) in [4.78, 5) is 11.5. The number of nitrogen functional groups attached to an aromatic ring is 1. The molecular formula is C15H18N2O3. The summed E-state index contributed by atoms with van der Waals surface area (Å²) < 4.78 is 12.2. The molecule has 0 saturated heterocycles. The van der Waals surface area contributed by atoms with Crippen molar-refractivity contribution in [3.63, 3.8) is 0 Å². The fraction of sp³-hybridized carbons (Fsp3) is 0.267. The molecule has 0 aliphatic heterocycles. The minimum atomic E-state index is -0.0766. The van der Waals surface area contributed by atoms with Crippen LogP contribution < -0.4 is 16.0 Å². The van der Waals surface area contributed by atoms with Gasteiger partial charge < -0.3 is 19.8 Å². The summed E-state index contributed by atoms with van der Waals surface area (Å²) in [6.07, 6.45) is 1.62. The highest BCUT2D eigenvalue weighted by Crippen LogP contribution is 2.11. The third-order valence-corrected chi connectivity index (χ3v) is 2.91. The van der Waals surface area contributed by atoms with Gasteiger partial charge in [0.1, 0.15) is 5.75 Å². The van der Waals surface area contributed by atoms with Crippen LogP contribution in [0.5, 0.6) is 5.75 Å². The van der Waals surface area contributed by atoms with E-state index in [4.69, 9.17) is 15.2 Å². The van der Waals surface area contributed by atoms with Gasteiger partial charge in [-0.3, -0.25) is 4.79 Å². The molecule has 1 aromatic carbocycles. The molecular weight excluding hydrogens is 256 g/mol. The predicted octanol–water partition coefficient (Wildman–Crippen LogP) is 1.66. The predicted molar refractivity (Wildman–Crippen MR) is 77.8 cm³/mol. The highest BCUT2D eigenvalue weighted by Gasteiger charge is 1.98. The molecule has 0 amide bonds. The zero-order chi connectivity index (χ0) is 14.4. The molecule has 1 aromatic heterocycles. The molecule has 2 aromatic rings. The lowest BCUT2D eigenvalue weighted by molar-refractivity contribution is 0.112. The number of hydrogen-bond acceptors (Lipinski definition) is 4. The number of anilines is 1. The largest absolute Gasteiger partial charge is 0.497 e. The van der Waals surface area contributed by atoms with Crippen LogP contribution in [-0.2, 0) is 17.9 Å². The Morgan fingerprint density at radius 1 is 1.15 bits per heavy atom. The molecule has 0 fully saturated rings. The number of benzene rings is 1. The van der Waals surface area contributed by atoms with Crippen LogP contribution in [0.1, 0.15) is 5.56 Å². The fourth-order valence-electron chi connectivity index (χ4n) is 1.80. The van der Waals surface area contributed by atoms with E-state index < -0.39 is 0 Å². The molecule has 0 aliphatic carbocycles. The third-order valence-electron chi connectivity index (χ3n) is 2.91. The number of nitrogens with two attached hydrogens (primary N) is 1. The molecule has 0 spiro atoms. The maximum atomic E-state index is 11.5. The molecule has 0 radical (unpaired) electrons. The minimum absolute atomic E-state index is 0.0766. The summed E-state index contributed by atoms with van der Waals surface area (Å²) in [5, 5.41) is 0. The summed E-state index contributed by atoms with van der Waals surface area (Å²) in [6, 6.07) is 10.7. The molecule has 0 unspecified atom stereocenters. The van der Waals surface area contributed by atoms with Crippen LogP contribution >= 0.6 is 0 Å². The Kier molecular flexibility index (Phi) is 4.79. The van der Waals surface area contributed by atoms with E-state index in [1.165, 1.54) is 6.07 Å². The third kappa shape index (κ3) is 3.86. The van der Waals surface area contributed by atoms with Gasteiger partial charge in [-0.05, 0) is 23.8 Å². The molecule has 5 heteroatoms. The van der Waals surface area contributed by atoms with Crippen LogP contribution in [0.2, 0.25) is 0 Å². The number of rotatable bonds is 6. The smallest absolute Gasteiger partial charge is 0.250 e. The molecule has 0 aliphatic rings. The van der Waals surface area contributed by atoms with E-state index in [0.29, 0.717) is 25.4 Å². The summed E-state index contributed by atoms with van der Waals surface area (Å²) in [5.74, 6) is 0.820. The Labute approximate surface area is 117 Å². The van der Waals surface area contributed by atoms with Crippen LogP contribution in [0, 0.1) is 0 Å². The van der Waals surface area contributed by atoms with Gasteiger partial charge in [-0.15, -0.1) is 0 Å². The van der Waals surface area contributed by atoms with Gasteiger partial charge in [-0.25, -0.2) is 0 Å². The number of methoxy groups -OCH3 is 1. The number of ether oxygens (including phenoxy) is 2.